The summed E-state index contributed by atoms with van der Waals surface area (Å²) in [7, 11) is 0. The van der Waals surface area contributed by atoms with E-state index < -0.39 is 0 Å². The SMILES string of the molecule is Cc1cc(C(C)(C)C)ccc1C(C)S. The van der Waals surface area contributed by atoms with Gasteiger partial charge in [0.2, 0.25) is 0 Å². The van der Waals surface area contributed by atoms with Crippen molar-refractivity contribution in [1.82, 2.24) is 0 Å². The minimum Gasteiger partial charge on any atom is -0.171 e. The van der Waals surface area contributed by atoms with Gasteiger partial charge in [0.1, 0.15) is 0 Å². The Morgan fingerprint density at radius 1 is 1.21 bits per heavy atom. The molecule has 0 heterocycles. The highest BCUT2D eigenvalue weighted by Gasteiger charge is 2.14. The van der Waals surface area contributed by atoms with E-state index in [1.54, 1.807) is 0 Å². The van der Waals surface area contributed by atoms with E-state index in [2.05, 4.69) is 65.4 Å². The van der Waals surface area contributed by atoms with Crippen LogP contribution in [-0.4, -0.2) is 0 Å². The second-order valence-corrected chi connectivity index (χ2v) is 5.77. The van der Waals surface area contributed by atoms with Crippen molar-refractivity contribution < 1.29 is 0 Å². The zero-order chi connectivity index (χ0) is 10.9. The van der Waals surface area contributed by atoms with Crippen molar-refractivity contribution in [2.45, 2.75) is 45.3 Å². The highest BCUT2D eigenvalue weighted by atomic mass is 32.1. The van der Waals surface area contributed by atoms with E-state index in [0.717, 1.165) is 0 Å². The van der Waals surface area contributed by atoms with Gasteiger partial charge in [0.15, 0.2) is 0 Å². The number of thiol groups is 1. The standard InChI is InChI=1S/C13H20S/c1-9-8-11(13(3,4)5)6-7-12(9)10(2)14/h6-8,10,14H,1-5H3. The first kappa shape index (κ1) is 11.6. The van der Waals surface area contributed by atoms with Gasteiger partial charge in [-0.05, 0) is 36.0 Å². The highest BCUT2D eigenvalue weighted by molar-refractivity contribution is 7.80. The Morgan fingerprint density at radius 3 is 2.14 bits per heavy atom. The molecule has 14 heavy (non-hydrogen) atoms. The molecule has 1 aromatic rings. The molecule has 0 aliphatic carbocycles. The van der Waals surface area contributed by atoms with Gasteiger partial charge in [-0.2, -0.15) is 12.6 Å². The molecule has 0 N–H and O–H groups in total. The third-order valence-electron chi connectivity index (χ3n) is 2.59. The smallest absolute Gasteiger partial charge is 0.0241 e. The monoisotopic (exact) mass is 208 g/mol. The van der Waals surface area contributed by atoms with Gasteiger partial charge in [-0.1, -0.05) is 39.0 Å². The summed E-state index contributed by atoms with van der Waals surface area (Å²) in [6, 6.07) is 6.70. The molecule has 0 radical (unpaired) electrons. The van der Waals surface area contributed by atoms with Crippen molar-refractivity contribution in [2.24, 2.45) is 0 Å². The fourth-order valence-electron chi connectivity index (χ4n) is 1.61. The molecule has 1 rings (SSSR count). The summed E-state index contributed by atoms with van der Waals surface area (Å²) in [6.45, 7) is 11.0. The van der Waals surface area contributed by atoms with Crippen LogP contribution in [0.15, 0.2) is 18.2 Å². The highest BCUT2D eigenvalue weighted by Crippen LogP contribution is 2.28. The van der Waals surface area contributed by atoms with Gasteiger partial charge in [0, 0.05) is 5.25 Å². The second kappa shape index (κ2) is 3.98. The van der Waals surface area contributed by atoms with Crippen LogP contribution in [0.3, 0.4) is 0 Å². The molecule has 0 aliphatic rings. The molecule has 0 saturated carbocycles. The zero-order valence-corrected chi connectivity index (χ0v) is 10.7. The Kier molecular flexibility index (Phi) is 3.31. The quantitative estimate of drug-likeness (QED) is 0.654. The fourth-order valence-corrected chi connectivity index (χ4v) is 1.90. The van der Waals surface area contributed by atoms with E-state index >= 15 is 0 Å². The molecule has 0 saturated heterocycles. The largest absolute Gasteiger partial charge is 0.171 e. The molecular formula is C13H20S. The van der Waals surface area contributed by atoms with Crippen molar-refractivity contribution in [3.05, 3.63) is 34.9 Å². The van der Waals surface area contributed by atoms with E-state index in [0.29, 0.717) is 5.25 Å². The van der Waals surface area contributed by atoms with E-state index in [-0.39, 0.29) is 5.41 Å². The third-order valence-corrected chi connectivity index (χ3v) is 2.86. The van der Waals surface area contributed by atoms with Gasteiger partial charge in [-0.25, -0.2) is 0 Å². The lowest BCUT2D eigenvalue weighted by Gasteiger charge is -2.21. The minimum absolute atomic E-state index is 0.239. The van der Waals surface area contributed by atoms with Gasteiger partial charge >= 0.3 is 0 Å². The Morgan fingerprint density at radius 2 is 1.79 bits per heavy atom. The van der Waals surface area contributed by atoms with Crippen LogP contribution in [-0.2, 0) is 5.41 Å². The van der Waals surface area contributed by atoms with Gasteiger partial charge < -0.3 is 0 Å². The molecule has 0 nitrogen and oxygen atoms in total. The van der Waals surface area contributed by atoms with Crippen molar-refractivity contribution >= 4 is 12.6 Å². The first-order chi connectivity index (χ1) is 6.32. The van der Waals surface area contributed by atoms with Gasteiger partial charge in [0.05, 0.1) is 0 Å². The van der Waals surface area contributed by atoms with Crippen LogP contribution in [0.25, 0.3) is 0 Å². The number of hydrogen-bond acceptors (Lipinski definition) is 1. The molecule has 0 amide bonds. The van der Waals surface area contributed by atoms with E-state index in [1.807, 2.05) is 0 Å². The fraction of sp³-hybridized carbons (Fsp3) is 0.538. The summed E-state index contributed by atoms with van der Waals surface area (Å²) in [5, 5.41) is 0.323. The summed E-state index contributed by atoms with van der Waals surface area (Å²) in [6.07, 6.45) is 0. The summed E-state index contributed by atoms with van der Waals surface area (Å²) >= 11 is 4.46. The van der Waals surface area contributed by atoms with Crippen molar-refractivity contribution in [2.75, 3.05) is 0 Å². The molecule has 1 aromatic carbocycles. The summed E-state index contributed by atoms with van der Waals surface area (Å²) in [4.78, 5) is 0. The van der Waals surface area contributed by atoms with Crippen LogP contribution in [0, 0.1) is 6.92 Å². The molecule has 1 unspecified atom stereocenters. The van der Waals surface area contributed by atoms with Gasteiger partial charge in [-0.15, -0.1) is 0 Å². The maximum absolute atomic E-state index is 4.46. The maximum atomic E-state index is 4.46. The molecular weight excluding hydrogens is 188 g/mol. The van der Waals surface area contributed by atoms with Crippen molar-refractivity contribution in [1.29, 1.82) is 0 Å². The van der Waals surface area contributed by atoms with E-state index in [9.17, 15) is 0 Å². The molecule has 0 aliphatic heterocycles. The Bertz CT molecular complexity index is 318. The average Bonchev–Trinajstić information content (AvgIpc) is 2.01. The Balaban J connectivity index is 3.13. The first-order valence-electron chi connectivity index (χ1n) is 5.11. The summed E-state index contributed by atoms with van der Waals surface area (Å²) < 4.78 is 0. The van der Waals surface area contributed by atoms with Gasteiger partial charge in [-0.3, -0.25) is 0 Å². The Labute approximate surface area is 93.1 Å². The van der Waals surface area contributed by atoms with Crippen LogP contribution in [0.4, 0.5) is 0 Å². The normalized spacial score (nSPS) is 14.1. The van der Waals surface area contributed by atoms with Crippen LogP contribution in [0.5, 0.6) is 0 Å². The molecule has 0 bridgehead atoms. The van der Waals surface area contributed by atoms with Crippen molar-refractivity contribution in [3.63, 3.8) is 0 Å². The number of hydrogen-bond donors (Lipinski definition) is 1. The summed E-state index contributed by atoms with van der Waals surface area (Å²) in [5.41, 5.74) is 4.32. The predicted molar refractivity (Wildman–Crippen MR) is 67.3 cm³/mol. The average molecular weight is 208 g/mol. The van der Waals surface area contributed by atoms with E-state index in [1.165, 1.54) is 16.7 Å². The first-order valence-corrected chi connectivity index (χ1v) is 5.63. The van der Waals surface area contributed by atoms with Crippen LogP contribution in [0.2, 0.25) is 0 Å². The number of aryl methyl sites for hydroxylation is 1. The zero-order valence-electron chi connectivity index (χ0n) is 9.76. The molecule has 0 aromatic heterocycles. The van der Waals surface area contributed by atoms with Crippen LogP contribution < -0.4 is 0 Å². The summed E-state index contributed by atoms with van der Waals surface area (Å²) in [5.74, 6) is 0. The maximum Gasteiger partial charge on any atom is 0.0241 e. The Hall–Kier alpha value is -0.430. The predicted octanol–water partition coefficient (Wildman–Crippen LogP) is 4.28. The second-order valence-electron chi connectivity index (χ2n) is 5.00. The molecule has 0 spiro atoms. The molecule has 0 fully saturated rings. The van der Waals surface area contributed by atoms with Crippen LogP contribution >= 0.6 is 12.6 Å². The number of rotatable bonds is 1. The van der Waals surface area contributed by atoms with E-state index in [4.69, 9.17) is 0 Å². The third kappa shape index (κ3) is 2.54. The molecule has 1 atom stereocenters. The molecule has 1 heteroatoms. The lowest BCUT2D eigenvalue weighted by Crippen LogP contribution is -2.11. The lowest BCUT2D eigenvalue weighted by atomic mass is 9.85. The topological polar surface area (TPSA) is 0 Å². The minimum atomic E-state index is 0.239. The number of benzene rings is 1. The van der Waals surface area contributed by atoms with Gasteiger partial charge in [0.25, 0.3) is 0 Å². The van der Waals surface area contributed by atoms with Crippen LogP contribution in [0.1, 0.15) is 49.6 Å². The van der Waals surface area contributed by atoms with Crippen molar-refractivity contribution in [3.8, 4) is 0 Å². The molecule has 78 valence electrons. The lowest BCUT2D eigenvalue weighted by molar-refractivity contribution is 0.589.